The highest BCUT2D eigenvalue weighted by Crippen LogP contribution is 2.33. The summed E-state index contributed by atoms with van der Waals surface area (Å²) >= 11 is 0. The maximum absolute atomic E-state index is 11.6. The molecule has 5 heteroatoms. The van der Waals surface area contributed by atoms with Crippen LogP contribution in [0.4, 0.5) is 4.79 Å². The van der Waals surface area contributed by atoms with E-state index in [9.17, 15) is 4.79 Å². The lowest BCUT2D eigenvalue weighted by Crippen LogP contribution is -2.41. The maximum Gasteiger partial charge on any atom is 0.508 e. The first-order valence-corrected chi connectivity index (χ1v) is 8.11. The standard InChI is InChI=1S/C17H35NO4/c1-15(2,3)17(6,7)21-13-10-16(4,5)22-14(19)20-12-9-8-11-18/h8-13,18H2,1-7H3. The third-order valence-electron chi connectivity index (χ3n) is 4.15. The van der Waals surface area contributed by atoms with Crippen LogP contribution in [0.3, 0.4) is 0 Å². The molecule has 0 heterocycles. The van der Waals surface area contributed by atoms with Crippen LogP contribution in [0.25, 0.3) is 0 Å². The van der Waals surface area contributed by atoms with Crippen LogP contribution in [0.5, 0.6) is 0 Å². The molecular weight excluding hydrogens is 282 g/mol. The van der Waals surface area contributed by atoms with Gasteiger partial charge in [0.2, 0.25) is 0 Å². The number of carbonyl (C=O) groups excluding carboxylic acids is 1. The maximum atomic E-state index is 11.6. The Morgan fingerprint density at radius 3 is 2.05 bits per heavy atom. The van der Waals surface area contributed by atoms with Gasteiger partial charge < -0.3 is 19.9 Å². The molecule has 0 aromatic rings. The quantitative estimate of drug-likeness (QED) is 0.516. The molecule has 0 amide bonds. The van der Waals surface area contributed by atoms with Gasteiger partial charge >= 0.3 is 6.16 Å². The van der Waals surface area contributed by atoms with Gasteiger partial charge in [0.1, 0.15) is 5.60 Å². The molecule has 0 rings (SSSR count). The summed E-state index contributed by atoms with van der Waals surface area (Å²) in [6.07, 6.45) is 1.59. The van der Waals surface area contributed by atoms with E-state index in [2.05, 4.69) is 34.6 Å². The van der Waals surface area contributed by atoms with E-state index in [0.29, 0.717) is 26.2 Å². The molecule has 0 unspecified atom stereocenters. The van der Waals surface area contributed by atoms with Crippen molar-refractivity contribution >= 4 is 6.16 Å². The molecule has 0 aromatic heterocycles. The molecule has 0 saturated heterocycles. The SMILES string of the molecule is CC(C)(CCOC(C)(C)C(C)(C)C)OC(=O)OCCCCN. The Bertz CT molecular complexity index is 332. The molecule has 0 fully saturated rings. The summed E-state index contributed by atoms with van der Waals surface area (Å²) in [5, 5.41) is 0. The van der Waals surface area contributed by atoms with Crippen molar-refractivity contribution in [3.63, 3.8) is 0 Å². The van der Waals surface area contributed by atoms with Crippen LogP contribution in [0.1, 0.15) is 67.7 Å². The van der Waals surface area contributed by atoms with Crippen LogP contribution in [0.2, 0.25) is 0 Å². The Kier molecular flexibility index (Phi) is 8.40. The Balaban J connectivity index is 4.12. The van der Waals surface area contributed by atoms with Gasteiger partial charge in [-0.15, -0.1) is 0 Å². The van der Waals surface area contributed by atoms with E-state index in [0.717, 1.165) is 12.8 Å². The van der Waals surface area contributed by atoms with Gasteiger partial charge in [0.25, 0.3) is 0 Å². The molecule has 0 atom stereocenters. The first-order chi connectivity index (χ1) is 9.91. The molecule has 0 aromatic carbocycles. The smallest absolute Gasteiger partial charge is 0.434 e. The minimum absolute atomic E-state index is 0.0416. The van der Waals surface area contributed by atoms with Crippen molar-refractivity contribution in [3.8, 4) is 0 Å². The van der Waals surface area contributed by atoms with Crippen molar-refractivity contribution in [1.29, 1.82) is 0 Å². The van der Waals surface area contributed by atoms with Crippen LogP contribution in [-0.2, 0) is 14.2 Å². The molecule has 0 aliphatic heterocycles. The average molecular weight is 317 g/mol. The summed E-state index contributed by atoms with van der Waals surface area (Å²) in [5.74, 6) is 0. The lowest BCUT2D eigenvalue weighted by atomic mass is 9.79. The Morgan fingerprint density at radius 2 is 1.55 bits per heavy atom. The molecule has 5 nitrogen and oxygen atoms in total. The van der Waals surface area contributed by atoms with Crippen LogP contribution < -0.4 is 5.73 Å². The summed E-state index contributed by atoms with van der Waals surface area (Å²) in [6, 6.07) is 0. The largest absolute Gasteiger partial charge is 0.508 e. The fourth-order valence-corrected chi connectivity index (χ4v) is 1.48. The lowest BCUT2D eigenvalue weighted by molar-refractivity contribution is -0.108. The topological polar surface area (TPSA) is 70.8 Å². The Morgan fingerprint density at radius 1 is 0.955 bits per heavy atom. The second-order valence-electron chi connectivity index (χ2n) is 7.81. The van der Waals surface area contributed by atoms with Gasteiger partial charge in [-0.1, -0.05) is 20.8 Å². The third kappa shape index (κ3) is 8.59. The first kappa shape index (κ1) is 21.2. The molecule has 0 saturated carbocycles. The zero-order chi connectivity index (χ0) is 17.4. The molecule has 0 aliphatic rings. The van der Waals surface area contributed by atoms with Crippen molar-refractivity contribution < 1.29 is 19.0 Å². The van der Waals surface area contributed by atoms with E-state index in [-0.39, 0.29) is 11.0 Å². The molecule has 0 aliphatic carbocycles. The van der Waals surface area contributed by atoms with E-state index >= 15 is 0 Å². The van der Waals surface area contributed by atoms with Gasteiger partial charge in [0.05, 0.1) is 18.8 Å². The predicted octanol–water partition coefficient (Wildman–Crippen LogP) is 3.89. The summed E-state index contributed by atoms with van der Waals surface area (Å²) < 4.78 is 16.3. The highest BCUT2D eigenvalue weighted by molar-refractivity contribution is 5.60. The summed E-state index contributed by atoms with van der Waals surface area (Å²) in [4.78, 5) is 11.6. The monoisotopic (exact) mass is 317 g/mol. The van der Waals surface area contributed by atoms with Crippen molar-refractivity contribution in [2.24, 2.45) is 11.1 Å². The second-order valence-corrected chi connectivity index (χ2v) is 7.81. The molecule has 22 heavy (non-hydrogen) atoms. The Hall–Kier alpha value is -0.810. The van der Waals surface area contributed by atoms with Gasteiger partial charge in [0.15, 0.2) is 0 Å². The number of rotatable bonds is 9. The van der Waals surface area contributed by atoms with Crippen LogP contribution in [0, 0.1) is 5.41 Å². The van der Waals surface area contributed by atoms with E-state index in [4.69, 9.17) is 19.9 Å². The number of hydrogen-bond donors (Lipinski definition) is 1. The second kappa shape index (κ2) is 8.73. The Labute approximate surface area is 135 Å². The van der Waals surface area contributed by atoms with E-state index in [1.165, 1.54) is 0 Å². The normalized spacial score (nSPS) is 13.1. The van der Waals surface area contributed by atoms with Gasteiger partial charge in [-0.25, -0.2) is 4.79 Å². The van der Waals surface area contributed by atoms with Crippen molar-refractivity contribution in [1.82, 2.24) is 0 Å². The van der Waals surface area contributed by atoms with Gasteiger partial charge in [-0.05, 0) is 52.5 Å². The fourth-order valence-electron chi connectivity index (χ4n) is 1.48. The number of unbranched alkanes of at least 4 members (excludes halogenated alkanes) is 1. The van der Waals surface area contributed by atoms with Gasteiger partial charge in [-0.2, -0.15) is 0 Å². The molecule has 0 bridgehead atoms. The number of ether oxygens (including phenoxy) is 3. The molecule has 0 spiro atoms. The van der Waals surface area contributed by atoms with Gasteiger partial charge in [-0.3, -0.25) is 0 Å². The highest BCUT2D eigenvalue weighted by atomic mass is 16.7. The molecule has 0 radical (unpaired) electrons. The third-order valence-corrected chi connectivity index (χ3v) is 4.15. The van der Waals surface area contributed by atoms with Crippen LogP contribution in [0.15, 0.2) is 0 Å². The minimum atomic E-state index is -0.628. The minimum Gasteiger partial charge on any atom is -0.434 e. The zero-order valence-electron chi connectivity index (χ0n) is 15.5. The average Bonchev–Trinajstić information content (AvgIpc) is 2.32. The van der Waals surface area contributed by atoms with Crippen molar-refractivity contribution in [3.05, 3.63) is 0 Å². The molecule has 132 valence electrons. The number of hydrogen-bond acceptors (Lipinski definition) is 5. The lowest BCUT2D eigenvalue weighted by Gasteiger charge is -2.39. The zero-order valence-corrected chi connectivity index (χ0v) is 15.5. The van der Waals surface area contributed by atoms with E-state index < -0.39 is 11.8 Å². The first-order valence-electron chi connectivity index (χ1n) is 8.11. The predicted molar refractivity (Wildman–Crippen MR) is 88.9 cm³/mol. The fraction of sp³-hybridized carbons (Fsp3) is 0.941. The van der Waals surface area contributed by atoms with Gasteiger partial charge in [0, 0.05) is 6.42 Å². The summed E-state index contributed by atoms with van der Waals surface area (Å²) in [6.45, 7) is 15.8. The van der Waals surface area contributed by atoms with Crippen molar-refractivity contribution in [2.45, 2.75) is 78.9 Å². The van der Waals surface area contributed by atoms with Crippen LogP contribution in [-0.4, -0.2) is 37.1 Å². The van der Waals surface area contributed by atoms with E-state index in [1.807, 2.05) is 13.8 Å². The number of nitrogens with two attached hydrogens (primary N) is 1. The highest BCUT2D eigenvalue weighted by Gasteiger charge is 2.34. The van der Waals surface area contributed by atoms with Crippen LogP contribution >= 0.6 is 0 Å². The summed E-state index contributed by atoms with van der Waals surface area (Å²) in [5.41, 5.74) is 4.57. The number of carbonyl (C=O) groups is 1. The summed E-state index contributed by atoms with van der Waals surface area (Å²) in [7, 11) is 0. The van der Waals surface area contributed by atoms with E-state index in [1.54, 1.807) is 0 Å². The van der Waals surface area contributed by atoms with Crippen molar-refractivity contribution in [2.75, 3.05) is 19.8 Å². The molecule has 2 N–H and O–H groups in total. The molecular formula is C17H35NO4.